The second-order valence-corrected chi connectivity index (χ2v) is 7.63. The third-order valence-corrected chi connectivity index (χ3v) is 5.40. The Morgan fingerprint density at radius 3 is 2.50 bits per heavy atom. The van der Waals surface area contributed by atoms with Crippen LogP contribution in [0.1, 0.15) is 11.1 Å². The van der Waals surface area contributed by atoms with Crippen molar-refractivity contribution >= 4 is 34.8 Å². The molecular weight excluding hydrogens is 406 g/mol. The topological polar surface area (TPSA) is 89.2 Å². The predicted octanol–water partition coefficient (Wildman–Crippen LogP) is 2.47. The van der Waals surface area contributed by atoms with Crippen LogP contribution in [0.5, 0.6) is 0 Å². The van der Waals surface area contributed by atoms with E-state index in [4.69, 9.17) is 11.6 Å². The molecule has 9 heteroatoms. The van der Waals surface area contributed by atoms with Crippen molar-refractivity contribution in [1.29, 1.82) is 0 Å². The number of hydrogen-bond acceptors (Lipinski definition) is 5. The first-order valence-electron chi connectivity index (χ1n) is 9.45. The number of anilines is 3. The zero-order valence-electron chi connectivity index (χ0n) is 16.6. The lowest BCUT2D eigenvalue weighted by Gasteiger charge is -2.18. The molecule has 0 bridgehead atoms. The number of hydrogen-bond donors (Lipinski definition) is 1. The van der Waals surface area contributed by atoms with Gasteiger partial charge in [-0.1, -0.05) is 35.4 Å². The smallest absolute Gasteiger partial charge is 0.324 e. The van der Waals surface area contributed by atoms with E-state index in [0.717, 1.165) is 21.5 Å². The maximum absolute atomic E-state index is 12.5. The molecule has 1 amide bonds. The van der Waals surface area contributed by atoms with Crippen LogP contribution in [0.25, 0.3) is 0 Å². The molecule has 0 unspecified atom stereocenters. The molecule has 0 spiro atoms. The lowest BCUT2D eigenvalue weighted by Crippen LogP contribution is -2.44. The average Bonchev–Trinajstić information content (AvgIpc) is 3.13. The van der Waals surface area contributed by atoms with Gasteiger partial charge < -0.3 is 10.2 Å². The van der Waals surface area contributed by atoms with Crippen molar-refractivity contribution in [3.05, 3.63) is 79.3 Å². The van der Waals surface area contributed by atoms with Gasteiger partial charge in [-0.25, -0.2) is 4.68 Å². The molecule has 0 saturated carbocycles. The Labute approximate surface area is 177 Å². The summed E-state index contributed by atoms with van der Waals surface area (Å²) in [4.78, 5) is 39.3. The minimum absolute atomic E-state index is 0.342. The Kier molecular flexibility index (Phi) is 5.17. The van der Waals surface area contributed by atoms with Gasteiger partial charge in [-0.2, -0.15) is 0 Å². The molecule has 3 aromatic rings. The van der Waals surface area contributed by atoms with Crippen molar-refractivity contribution in [2.24, 2.45) is 0 Å². The molecule has 1 N–H and O–H groups in total. The second-order valence-electron chi connectivity index (χ2n) is 7.22. The molecule has 2 heterocycles. The minimum atomic E-state index is -0.832. The normalized spacial score (nSPS) is 12.7. The Balaban J connectivity index is 1.62. The SMILES string of the molecule is Cc1ccc(N2CCn3c2nn(CC(=O)Nc2ccc(C)c(Cl)c2)c(=O)c3=O)cc1. The van der Waals surface area contributed by atoms with Gasteiger partial charge in [0.05, 0.1) is 0 Å². The fraction of sp³-hybridized carbons (Fsp3) is 0.238. The van der Waals surface area contributed by atoms with E-state index >= 15 is 0 Å². The lowest BCUT2D eigenvalue weighted by molar-refractivity contribution is -0.117. The van der Waals surface area contributed by atoms with Gasteiger partial charge in [-0.15, -0.1) is 5.10 Å². The first-order chi connectivity index (χ1) is 14.3. The number of nitrogens with one attached hydrogen (secondary N) is 1. The summed E-state index contributed by atoms with van der Waals surface area (Å²) in [5.41, 5.74) is 1.84. The van der Waals surface area contributed by atoms with Gasteiger partial charge in [-0.05, 0) is 43.7 Å². The number of amides is 1. The number of aromatic nitrogens is 3. The molecule has 0 saturated heterocycles. The van der Waals surface area contributed by atoms with E-state index < -0.39 is 17.0 Å². The lowest BCUT2D eigenvalue weighted by atomic mass is 10.2. The number of benzene rings is 2. The summed E-state index contributed by atoms with van der Waals surface area (Å²) < 4.78 is 2.25. The van der Waals surface area contributed by atoms with E-state index in [1.54, 1.807) is 18.2 Å². The van der Waals surface area contributed by atoms with Crippen LogP contribution < -0.4 is 21.3 Å². The molecule has 0 fully saturated rings. The van der Waals surface area contributed by atoms with Crippen LogP contribution in [0, 0.1) is 13.8 Å². The third-order valence-electron chi connectivity index (χ3n) is 5.00. The highest BCUT2D eigenvalue weighted by Crippen LogP contribution is 2.26. The van der Waals surface area contributed by atoms with E-state index in [-0.39, 0.29) is 6.54 Å². The Hall–Kier alpha value is -3.39. The number of carbonyl (C=O) groups excluding carboxylic acids is 1. The van der Waals surface area contributed by atoms with Gasteiger partial charge in [0.1, 0.15) is 6.54 Å². The van der Waals surface area contributed by atoms with Gasteiger partial charge in [0.2, 0.25) is 11.9 Å². The molecule has 0 atom stereocenters. The standard InChI is InChI=1S/C21H20ClN5O3/c1-13-3-7-16(8-4-13)25-9-10-26-19(29)20(30)27(24-21(25)26)12-18(28)23-15-6-5-14(2)17(22)11-15/h3-8,11H,9-10,12H2,1-2H3,(H,23,28). The Morgan fingerprint density at radius 2 is 1.80 bits per heavy atom. The Bertz CT molecular complexity index is 1250. The molecule has 1 aromatic heterocycles. The van der Waals surface area contributed by atoms with Crippen molar-refractivity contribution in [1.82, 2.24) is 14.3 Å². The van der Waals surface area contributed by atoms with Gasteiger partial charge in [0.25, 0.3) is 0 Å². The van der Waals surface area contributed by atoms with E-state index in [0.29, 0.717) is 29.7 Å². The maximum atomic E-state index is 12.5. The minimum Gasteiger partial charge on any atom is -0.324 e. The van der Waals surface area contributed by atoms with Crippen LogP contribution >= 0.6 is 11.6 Å². The van der Waals surface area contributed by atoms with Gasteiger partial charge in [0, 0.05) is 29.5 Å². The number of carbonyl (C=O) groups is 1. The molecule has 1 aliphatic rings. The first-order valence-corrected chi connectivity index (χ1v) is 9.83. The third kappa shape index (κ3) is 3.73. The number of fused-ring (bicyclic) bond motifs is 1. The Morgan fingerprint density at radius 1 is 1.07 bits per heavy atom. The number of halogens is 1. The first kappa shape index (κ1) is 19.9. The fourth-order valence-corrected chi connectivity index (χ4v) is 3.49. The van der Waals surface area contributed by atoms with Crippen LogP contribution in [0.4, 0.5) is 17.3 Å². The van der Waals surface area contributed by atoms with Crippen LogP contribution in [0.2, 0.25) is 5.02 Å². The van der Waals surface area contributed by atoms with Crippen molar-refractivity contribution in [2.75, 3.05) is 16.8 Å². The summed E-state index contributed by atoms with van der Waals surface area (Å²) in [6.45, 7) is 4.34. The second kappa shape index (κ2) is 7.79. The monoisotopic (exact) mass is 425 g/mol. The molecule has 154 valence electrons. The maximum Gasteiger partial charge on any atom is 0.333 e. The fourth-order valence-electron chi connectivity index (χ4n) is 3.31. The van der Waals surface area contributed by atoms with E-state index in [1.165, 1.54) is 4.57 Å². The highest BCUT2D eigenvalue weighted by atomic mass is 35.5. The van der Waals surface area contributed by atoms with Crippen LogP contribution in [0.3, 0.4) is 0 Å². The van der Waals surface area contributed by atoms with Crippen molar-refractivity contribution < 1.29 is 4.79 Å². The number of aryl methyl sites for hydroxylation is 2. The summed E-state index contributed by atoms with van der Waals surface area (Å²) in [6, 6.07) is 12.9. The molecule has 2 aromatic carbocycles. The van der Waals surface area contributed by atoms with Crippen LogP contribution in [0.15, 0.2) is 52.1 Å². The quantitative estimate of drug-likeness (QED) is 0.648. The molecule has 8 nitrogen and oxygen atoms in total. The summed E-state index contributed by atoms with van der Waals surface area (Å²) in [7, 11) is 0. The van der Waals surface area contributed by atoms with Gasteiger partial charge in [0.15, 0.2) is 0 Å². The van der Waals surface area contributed by atoms with Gasteiger partial charge in [-0.3, -0.25) is 19.0 Å². The van der Waals surface area contributed by atoms with Crippen molar-refractivity contribution in [3.8, 4) is 0 Å². The summed E-state index contributed by atoms with van der Waals surface area (Å²) in [5, 5.41) is 7.51. The highest BCUT2D eigenvalue weighted by Gasteiger charge is 2.26. The molecule has 4 rings (SSSR count). The van der Waals surface area contributed by atoms with Crippen LogP contribution in [-0.4, -0.2) is 26.8 Å². The zero-order chi connectivity index (χ0) is 21.4. The molecular formula is C21H20ClN5O3. The highest BCUT2D eigenvalue weighted by molar-refractivity contribution is 6.31. The summed E-state index contributed by atoms with van der Waals surface area (Å²) in [6.07, 6.45) is 0. The van der Waals surface area contributed by atoms with E-state index in [2.05, 4.69) is 10.4 Å². The summed E-state index contributed by atoms with van der Waals surface area (Å²) >= 11 is 6.08. The van der Waals surface area contributed by atoms with E-state index in [9.17, 15) is 14.4 Å². The molecule has 0 radical (unpaired) electrons. The number of nitrogens with zero attached hydrogens (tertiary/aromatic N) is 4. The largest absolute Gasteiger partial charge is 0.333 e. The van der Waals surface area contributed by atoms with Crippen LogP contribution in [-0.2, 0) is 17.9 Å². The molecule has 0 aliphatic carbocycles. The summed E-state index contributed by atoms with van der Waals surface area (Å²) in [5.74, 6) is -0.136. The molecule has 30 heavy (non-hydrogen) atoms. The zero-order valence-corrected chi connectivity index (χ0v) is 17.3. The van der Waals surface area contributed by atoms with E-state index in [1.807, 2.05) is 43.0 Å². The van der Waals surface area contributed by atoms with Crippen molar-refractivity contribution in [2.45, 2.75) is 26.9 Å². The number of rotatable bonds is 4. The average molecular weight is 426 g/mol. The van der Waals surface area contributed by atoms with Crippen molar-refractivity contribution in [3.63, 3.8) is 0 Å². The van der Waals surface area contributed by atoms with Gasteiger partial charge >= 0.3 is 11.1 Å². The molecule has 1 aliphatic heterocycles. The predicted molar refractivity (Wildman–Crippen MR) is 116 cm³/mol.